The molecule has 0 aromatic carbocycles. The second kappa shape index (κ2) is 8.99. The van der Waals surface area contributed by atoms with Crippen molar-refractivity contribution in [2.75, 3.05) is 20.3 Å². The van der Waals surface area contributed by atoms with Gasteiger partial charge in [-0.1, -0.05) is 6.92 Å². The summed E-state index contributed by atoms with van der Waals surface area (Å²) in [6.45, 7) is 3.52. The number of amides is 1. The maximum absolute atomic E-state index is 13.0. The van der Waals surface area contributed by atoms with Crippen molar-refractivity contribution in [1.29, 1.82) is 0 Å². The number of carbonyl (C=O) groups is 1. The van der Waals surface area contributed by atoms with E-state index in [0.717, 1.165) is 56.0 Å². The van der Waals surface area contributed by atoms with Gasteiger partial charge in [0.05, 0.1) is 10.6 Å². The van der Waals surface area contributed by atoms with E-state index in [0.29, 0.717) is 18.3 Å². The molecule has 2 aliphatic carbocycles. The van der Waals surface area contributed by atoms with Crippen LogP contribution in [0, 0.1) is 5.41 Å². The predicted molar refractivity (Wildman–Crippen MR) is 112 cm³/mol. The van der Waals surface area contributed by atoms with E-state index in [1.54, 1.807) is 20.4 Å². The molecule has 0 bridgehead atoms. The number of rotatable bonds is 8. The van der Waals surface area contributed by atoms with Gasteiger partial charge >= 0.3 is 0 Å². The van der Waals surface area contributed by atoms with E-state index >= 15 is 0 Å². The summed E-state index contributed by atoms with van der Waals surface area (Å²) < 4.78 is 13.6. The number of aryl methyl sites for hydroxylation is 1. The summed E-state index contributed by atoms with van der Waals surface area (Å²) in [4.78, 5) is 27.0. The van der Waals surface area contributed by atoms with Crippen LogP contribution in [0.4, 0.5) is 0 Å². The Balaban J connectivity index is 1.59. The molecule has 0 radical (unpaired) electrons. The first-order chi connectivity index (χ1) is 13.3. The van der Waals surface area contributed by atoms with E-state index in [2.05, 4.69) is 27.8 Å². The zero-order valence-electron chi connectivity index (χ0n) is 17.1. The fraction of sp³-hybridized carbons (Fsp3) is 0.714. The van der Waals surface area contributed by atoms with Crippen LogP contribution >= 0.6 is 15.9 Å². The zero-order valence-corrected chi connectivity index (χ0v) is 18.7. The normalized spacial score (nSPS) is 23.3. The van der Waals surface area contributed by atoms with Crippen LogP contribution < -0.4 is 10.3 Å². The standard InChI is InChI=1S/C21H31BrN2O4/c1-21(9-10-21)20(26)24(11-4-12-27-3)15-5-7-16(8-6-15)28-18-13-19(25)23(2)14-17(18)22/h13-16H,4-12H2,1-3H3/t15-,16-. The maximum Gasteiger partial charge on any atom is 0.254 e. The van der Waals surface area contributed by atoms with Gasteiger partial charge in [0.2, 0.25) is 5.91 Å². The average molecular weight is 455 g/mol. The first-order valence-electron chi connectivity index (χ1n) is 10.2. The number of hydrogen-bond acceptors (Lipinski definition) is 4. The van der Waals surface area contributed by atoms with Crippen molar-refractivity contribution in [2.45, 2.75) is 64.0 Å². The molecule has 0 atom stereocenters. The van der Waals surface area contributed by atoms with Gasteiger partial charge < -0.3 is 18.9 Å². The molecule has 1 heterocycles. The lowest BCUT2D eigenvalue weighted by Crippen LogP contribution is -2.47. The number of ether oxygens (including phenoxy) is 2. The lowest BCUT2D eigenvalue weighted by molar-refractivity contribution is -0.140. The molecule has 0 unspecified atom stereocenters. The van der Waals surface area contributed by atoms with Crippen molar-refractivity contribution in [2.24, 2.45) is 12.5 Å². The third kappa shape index (κ3) is 4.98. The molecule has 6 nitrogen and oxygen atoms in total. The molecule has 2 fully saturated rings. The number of aromatic nitrogens is 1. The molecule has 7 heteroatoms. The summed E-state index contributed by atoms with van der Waals surface area (Å²) in [5, 5.41) is 0. The Bertz CT molecular complexity index is 751. The third-order valence-corrected chi connectivity index (χ3v) is 6.64. The maximum atomic E-state index is 13.0. The Hall–Kier alpha value is -1.34. The lowest BCUT2D eigenvalue weighted by atomic mass is 9.90. The Morgan fingerprint density at radius 2 is 2.00 bits per heavy atom. The minimum atomic E-state index is -0.143. The fourth-order valence-electron chi connectivity index (χ4n) is 3.90. The average Bonchev–Trinajstić information content (AvgIpc) is 3.42. The number of halogens is 1. The van der Waals surface area contributed by atoms with E-state index in [9.17, 15) is 9.59 Å². The van der Waals surface area contributed by atoms with E-state index < -0.39 is 0 Å². The second-order valence-electron chi connectivity index (χ2n) is 8.39. The van der Waals surface area contributed by atoms with Gasteiger partial charge in [-0.15, -0.1) is 0 Å². The van der Waals surface area contributed by atoms with E-state index in [1.807, 2.05) is 0 Å². The van der Waals surface area contributed by atoms with Crippen molar-refractivity contribution < 1.29 is 14.3 Å². The molecule has 0 spiro atoms. The first-order valence-corrected chi connectivity index (χ1v) is 11.0. The lowest BCUT2D eigenvalue weighted by Gasteiger charge is -2.38. The topological polar surface area (TPSA) is 60.8 Å². The van der Waals surface area contributed by atoms with Gasteiger partial charge in [0.1, 0.15) is 5.75 Å². The summed E-state index contributed by atoms with van der Waals surface area (Å²) >= 11 is 3.48. The molecule has 0 N–H and O–H groups in total. The monoisotopic (exact) mass is 454 g/mol. The van der Waals surface area contributed by atoms with Crippen molar-refractivity contribution in [1.82, 2.24) is 9.47 Å². The van der Waals surface area contributed by atoms with Crippen LogP contribution in [0.5, 0.6) is 5.75 Å². The Kier molecular flexibility index (Phi) is 6.86. The highest BCUT2D eigenvalue weighted by Gasteiger charge is 2.48. The molecule has 156 valence electrons. The molecule has 2 saturated carbocycles. The van der Waals surface area contributed by atoms with Gasteiger partial charge in [-0.2, -0.15) is 0 Å². The summed E-state index contributed by atoms with van der Waals surface area (Å²) in [5.41, 5.74) is -0.227. The van der Waals surface area contributed by atoms with Gasteiger partial charge in [-0.3, -0.25) is 9.59 Å². The predicted octanol–water partition coefficient (Wildman–Crippen LogP) is 3.50. The molecule has 1 amide bonds. The highest BCUT2D eigenvalue weighted by molar-refractivity contribution is 9.10. The number of carbonyl (C=O) groups excluding carboxylic acids is 1. The minimum absolute atomic E-state index is 0.0760. The molecule has 1 aromatic rings. The summed E-state index contributed by atoms with van der Waals surface area (Å²) in [6.07, 6.45) is 8.32. The SMILES string of the molecule is COCCCN(C(=O)C1(C)CC1)[C@H]1CC[C@H](Oc2cc(=O)n(C)cc2Br)CC1. The van der Waals surface area contributed by atoms with Crippen molar-refractivity contribution in [3.05, 3.63) is 27.1 Å². The second-order valence-corrected chi connectivity index (χ2v) is 9.24. The molecular formula is C21H31BrN2O4. The molecular weight excluding hydrogens is 424 g/mol. The number of hydrogen-bond donors (Lipinski definition) is 0. The van der Waals surface area contributed by atoms with Crippen molar-refractivity contribution >= 4 is 21.8 Å². The van der Waals surface area contributed by atoms with Crippen LogP contribution in [0.3, 0.4) is 0 Å². The minimum Gasteiger partial charge on any atom is -0.489 e. The van der Waals surface area contributed by atoms with Crippen LogP contribution in [-0.2, 0) is 16.6 Å². The molecule has 0 saturated heterocycles. The number of pyridine rings is 1. The van der Waals surface area contributed by atoms with Gasteiger partial charge in [0, 0.05) is 51.0 Å². The number of nitrogens with zero attached hydrogens (tertiary/aromatic N) is 2. The molecule has 2 aliphatic rings. The zero-order chi connectivity index (χ0) is 20.3. The van der Waals surface area contributed by atoms with E-state index in [1.165, 1.54) is 10.6 Å². The van der Waals surface area contributed by atoms with Gasteiger partial charge in [0.15, 0.2) is 0 Å². The van der Waals surface area contributed by atoms with Gasteiger partial charge in [-0.25, -0.2) is 0 Å². The summed E-state index contributed by atoms with van der Waals surface area (Å²) in [5.74, 6) is 0.910. The van der Waals surface area contributed by atoms with E-state index in [4.69, 9.17) is 9.47 Å². The van der Waals surface area contributed by atoms with Crippen molar-refractivity contribution in [3.8, 4) is 5.75 Å². The van der Waals surface area contributed by atoms with Crippen LogP contribution in [0.25, 0.3) is 0 Å². The smallest absolute Gasteiger partial charge is 0.254 e. The number of methoxy groups -OCH3 is 1. The van der Waals surface area contributed by atoms with Crippen LogP contribution in [0.2, 0.25) is 0 Å². The summed E-state index contributed by atoms with van der Waals surface area (Å²) in [7, 11) is 3.42. The Morgan fingerprint density at radius 3 is 2.61 bits per heavy atom. The third-order valence-electron chi connectivity index (χ3n) is 6.05. The molecule has 3 rings (SSSR count). The molecule has 28 heavy (non-hydrogen) atoms. The van der Waals surface area contributed by atoms with Crippen LogP contribution in [-0.4, -0.2) is 47.8 Å². The molecule has 1 aromatic heterocycles. The van der Waals surface area contributed by atoms with Crippen molar-refractivity contribution in [3.63, 3.8) is 0 Å². The Labute approximate surface area is 175 Å². The van der Waals surface area contributed by atoms with E-state index in [-0.39, 0.29) is 23.1 Å². The van der Waals surface area contributed by atoms with Crippen LogP contribution in [0.1, 0.15) is 51.9 Å². The quantitative estimate of drug-likeness (QED) is 0.563. The van der Waals surface area contributed by atoms with Gasteiger partial charge in [0.25, 0.3) is 5.56 Å². The molecule has 0 aliphatic heterocycles. The van der Waals surface area contributed by atoms with Crippen LogP contribution in [0.15, 0.2) is 21.5 Å². The Morgan fingerprint density at radius 1 is 1.32 bits per heavy atom. The largest absolute Gasteiger partial charge is 0.489 e. The first kappa shape index (κ1) is 21.4. The van der Waals surface area contributed by atoms with Gasteiger partial charge in [-0.05, 0) is 60.9 Å². The fourth-order valence-corrected chi connectivity index (χ4v) is 4.42. The summed E-state index contributed by atoms with van der Waals surface area (Å²) in [6, 6.07) is 1.80. The highest BCUT2D eigenvalue weighted by Crippen LogP contribution is 2.47. The highest BCUT2D eigenvalue weighted by atomic mass is 79.9.